The van der Waals surface area contributed by atoms with E-state index in [0.717, 1.165) is 13.8 Å². The van der Waals surface area contributed by atoms with Gasteiger partial charge in [0.15, 0.2) is 0 Å². The Kier molecular flexibility index (Phi) is 36.0. The van der Waals surface area contributed by atoms with Gasteiger partial charge in [0, 0.05) is 0 Å². The van der Waals surface area contributed by atoms with Crippen molar-refractivity contribution in [3.63, 3.8) is 0 Å². The molecule has 0 aliphatic heterocycles. The Morgan fingerprint density at radius 1 is 0.727 bits per heavy atom. The molecule has 0 aliphatic rings. The molecule has 8 nitrogen and oxygen atoms in total. The average Bonchev–Trinajstić information content (AvgIpc) is 2.25. The standard InChI is InChI=1S/C10H14O8.4Sr.8H/c1-5(11)9(15)17-7(13)3-4-8(14)18-10(16)6(2)12;;;;;;;;;;;;/h5-6,11-12H,3-4H2,1-2H3;;;;;;;;;;;;. The predicted molar refractivity (Wildman–Crippen MR) is 89.0 cm³/mol. The molecule has 0 bridgehead atoms. The fraction of sp³-hybridized carbons (Fsp3) is 0.600. The van der Waals surface area contributed by atoms with Gasteiger partial charge in [0.1, 0.15) is 12.2 Å². The molecule has 0 aliphatic carbocycles. The van der Waals surface area contributed by atoms with E-state index in [-0.39, 0.29) is 182 Å². The average molecular weight is 621 g/mol. The maximum absolute atomic E-state index is 11.0. The topological polar surface area (TPSA) is 127 Å². The monoisotopic (exact) mass is 622 g/mol. The molecule has 0 heterocycles. The maximum atomic E-state index is 11.0. The molecule has 2 N–H and O–H groups in total. The van der Waals surface area contributed by atoms with Crippen molar-refractivity contribution in [2.45, 2.75) is 38.9 Å². The fourth-order valence-electron chi connectivity index (χ4n) is 0.701. The molecular formula is C10H22O8Sr4. The van der Waals surface area contributed by atoms with E-state index < -0.39 is 48.9 Å². The molecule has 2 unspecified atom stereocenters. The molecule has 0 aromatic rings. The van der Waals surface area contributed by atoms with E-state index in [9.17, 15) is 19.2 Å². The molecule has 0 fully saturated rings. The summed E-state index contributed by atoms with van der Waals surface area (Å²) in [6.45, 7) is 2.23. The molecule has 118 valence electrons. The molecule has 0 amide bonds. The van der Waals surface area contributed by atoms with Crippen molar-refractivity contribution in [3.8, 4) is 0 Å². The zero-order chi connectivity index (χ0) is 14.3. The van der Waals surface area contributed by atoms with Crippen LogP contribution in [0.15, 0.2) is 0 Å². The first kappa shape index (κ1) is 37.0. The second kappa shape index (κ2) is 21.4. The van der Waals surface area contributed by atoms with Crippen LogP contribution in [0.4, 0.5) is 0 Å². The van der Waals surface area contributed by atoms with Crippen molar-refractivity contribution >= 4 is 206 Å². The number of rotatable bonds is 5. The van der Waals surface area contributed by atoms with E-state index in [2.05, 4.69) is 9.47 Å². The van der Waals surface area contributed by atoms with Gasteiger partial charge in [0.05, 0.1) is 12.8 Å². The fourth-order valence-corrected chi connectivity index (χ4v) is 0.701. The van der Waals surface area contributed by atoms with Crippen LogP contribution in [-0.4, -0.2) is 228 Å². The van der Waals surface area contributed by atoms with Crippen LogP contribution >= 0.6 is 0 Å². The van der Waals surface area contributed by atoms with Crippen molar-refractivity contribution in [2.75, 3.05) is 0 Å². The molecule has 0 spiro atoms. The van der Waals surface area contributed by atoms with Crippen molar-refractivity contribution in [1.82, 2.24) is 0 Å². The number of hydrogen-bond acceptors (Lipinski definition) is 8. The number of carbonyl (C=O) groups excluding carboxylic acids is 4. The summed E-state index contributed by atoms with van der Waals surface area (Å²) in [5.41, 5.74) is 0. The predicted octanol–water partition coefficient (Wildman–Crippen LogP) is -5.00. The van der Waals surface area contributed by atoms with Crippen molar-refractivity contribution in [2.24, 2.45) is 0 Å². The molecule has 0 rings (SSSR count). The minimum absolute atomic E-state index is 0. The van der Waals surface area contributed by atoms with Gasteiger partial charge in [0.25, 0.3) is 0 Å². The van der Waals surface area contributed by atoms with E-state index in [1.165, 1.54) is 0 Å². The molecule has 0 radical (unpaired) electrons. The number of esters is 4. The van der Waals surface area contributed by atoms with Crippen LogP contribution < -0.4 is 0 Å². The molecule has 0 aromatic heterocycles. The van der Waals surface area contributed by atoms with E-state index >= 15 is 0 Å². The van der Waals surface area contributed by atoms with Gasteiger partial charge >= 0.3 is 206 Å². The van der Waals surface area contributed by atoms with Gasteiger partial charge in [-0.05, 0) is 13.8 Å². The second-order valence-corrected chi connectivity index (χ2v) is 3.44. The summed E-state index contributed by atoms with van der Waals surface area (Å²) >= 11 is 0. The van der Waals surface area contributed by atoms with Gasteiger partial charge in [-0.15, -0.1) is 0 Å². The molecule has 12 heteroatoms. The van der Waals surface area contributed by atoms with Crippen LogP contribution in [0.1, 0.15) is 26.7 Å². The van der Waals surface area contributed by atoms with Crippen LogP contribution in [0.2, 0.25) is 0 Å². The first-order valence-corrected chi connectivity index (χ1v) is 5.09. The van der Waals surface area contributed by atoms with Crippen LogP contribution in [0.25, 0.3) is 0 Å². The van der Waals surface area contributed by atoms with Crippen LogP contribution in [0, 0.1) is 0 Å². The molecular weight excluding hydrogens is 599 g/mol. The number of aliphatic hydroxyl groups excluding tert-OH is 2. The minimum atomic E-state index is -1.45. The van der Waals surface area contributed by atoms with E-state index in [1.807, 2.05) is 0 Å². The summed E-state index contributed by atoms with van der Waals surface area (Å²) in [5, 5.41) is 17.5. The Labute approximate surface area is 276 Å². The van der Waals surface area contributed by atoms with Gasteiger partial charge in [-0.25, -0.2) is 9.59 Å². The SMILES string of the molecule is CC(O)C(=O)OC(=O)CCC(=O)OC(=O)C(C)O.[SrH2].[SrH2].[SrH2].[SrH2]. The van der Waals surface area contributed by atoms with Crippen molar-refractivity contribution in [3.05, 3.63) is 0 Å². The van der Waals surface area contributed by atoms with Gasteiger partial charge in [-0.1, -0.05) is 0 Å². The summed E-state index contributed by atoms with van der Waals surface area (Å²) < 4.78 is 8.29. The summed E-state index contributed by atoms with van der Waals surface area (Å²) in [6.07, 6.45) is -3.86. The Balaban J connectivity index is -0.000000241. The van der Waals surface area contributed by atoms with Gasteiger partial charge in [-0.2, -0.15) is 0 Å². The van der Waals surface area contributed by atoms with Crippen LogP contribution in [-0.2, 0) is 28.7 Å². The molecule has 2 atom stereocenters. The van der Waals surface area contributed by atoms with Crippen molar-refractivity contribution in [1.29, 1.82) is 0 Å². The summed E-state index contributed by atoms with van der Waals surface area (Å²) in [5.74, 6) is -4.31. The van der Waals surface area contributed by atoms with Crippen LogP contribution in [0.5, 0.6) is 0 Å². The molecule has 22 heavy (non-hydrogen) atoms. The molecule has 0 aromatic carbocycles. The number of carbonyl (C=O) groups is 4. The van der Waals surface area contributed by atoms with E-state index in [4.69, 9.17) is 10.2 Å². The zero-order valence-corrected chi connectivity index (χ0v) is 9.91. The Hall–Kier alpha value is 4.12. The number of aliphatic hydroxyl groups is 2. The summed E-state index contributed by atoms with van der Waals surface area (Å²) in [6, 6.07) is 0. The summed E-state index contributed by atoms with van der Waals surface area (Å²) in [4.78, 5) is 43.5. The first-order valence-electron chi connectivity index (χ1n) is 5.09. The number of ether oxygens (including phenoxy) is 2. The second-order valence-electron chi connectivity index (χ2n) is 3.44. The third-order valence-corrected chi connectivity index (χ3v) is 1.64. The van der Waals surface area contributed by atoms with Crippen LogP contribution in [0.3, 0.4) is 0 Å². The third-order valence-electron chi connectivity index (χ3n) is 1.64. The zero-order valence-electron chi connectivity index (χ0n) is 9.91. The van der Waals surface area contributed by atoms with E-state index in [1.54, 1.807) is 0 Å². The molecule has 0 saturated heterocycles. The normalized spacial score (nSPS) is 10.9. The molecule has 0 saturated carbocycles. The van der Waals surface area contributed by atoms with Gasteiger partial charge in [-0.3, -0.25) is 9.59 Å². The Bertz CT molecular complexity index is 325. The Morgan fingerprint density at radius 2 is 0.955 bits per heavy atom. The van der Waals surface area contributed by atoms with Crippen molar-refractivity contribution < 1.29 is 38.9 Å². The first-order chi connectivity index (χ1) is 8.23. The van der Waals surface area contributed by atoms with E-state index in [0.29, 0.717) is 0 Å². The van der Waals surface area contributed by atoms with Gasteiger partial charge in [0.2, 0.25) is 0 Å². The Morgan fingerprint density at radius 3 is 1.14 bits per heavy atom. The quantitative estimate of drug-likeness (QED) is 0.178. The summed E-state index contributed by atoms with van der Waals surface area (Å²) in [7, 11) is 0. The van der Waals surface area contributed by atoms with Gasteiger partial charge < -0.3 is 19.7 Å². The number of hydrogen-bond donors (Lipinski definition) is 2. The third kappa shape index (κ3) is 20.4.